The average molecular weight is 287 g/mol. The summed E-state index contributed by atoms with van der Waals surface area (Å²) in [6, 6.07) is 2.72. The minimum atomic E-state index is -0.827. The Morgan fingerprint density at radius 1 is 1.47 bits per heavy atom. The molecule has 1 aromatic rings. The van der Waals surface area contributed by atoms with E-state index in [9.17, 15) is 19.7 Å². The Morgan fingerprint density at radius 3 is 2.58 bits per heavy atom. The smallest absolute Gasteiger partial charge is 0.328 e. The van der Waals surface area contributed by atoms with Crippen LogP contribution in [0.2, 0.25) is 5.02 Å². The first-order valence-electron chi connectivity index (χ1n) is 5.19. The molecule has 0 aromatic heterocycles. The monoisotopic (exact) mass is 286 g/mol. The van der Waals surface area contributed by atoms with Crippen molar-refractivity contribution in [3.05, 3.63) is 38.9 Å². The predicted octanol–water partition coefficient (Wildman–Crippen LogP) is 1.54. The number of esters is 1. The van der Waals surface area contributed by atoms with Crippen molar-refractivity contribution in [1.82, 2.24) is 5.32 Å². The van der Waals surface area contributed by atoms with E-state index < -0.39 is 22.8 Å². The molecule has 8 heteroatoms. The molecule has 0 fully saturated rings. The fourth-order valence-corrected chi connectivity index (χ4v) is 1.56. The zero-order valence-corrected chi connectivity index (χ0v) is 10.9. The third-order valence-corrected chi connectivity index (χ3v) is 2.61. The molecule has 0 bridgehead atoms. The van der Waals surface area contributed by atoms with E-state index in [0.717, 1.165) is 6.07 Å². The van der Waals surface area contributed by atoms with Crippen LogP contribution in [0.3, 0.4) is 0 Å². The summed E-state index contributed by atoms with van der Waals surface area (Å²) in [6.07, 6.45) is 0. The third-order valence-electron chi connectivity index (χ3n) is 2.31. The van der Waals surface area contributed by atoms with Gasteiger partial charge in [0.25, 0.3) is 11.6 Å². The van der Waals surface area contributed by atoms with Gasteiger partial charge in [-0.05, 0) is 19.1 Å². The number of benzene rings is 1. The third kappa shape index (κ3) is 3.65. The molecule has 1 amide bonds. The minimum absolute atomic E-state index is 0.117. The van der Waals surface area contributed by atoms with Crippen LogP contribution in [-0.4, -0.2) is 30.0 Å². The largest absolute Gasteiger partial charge is 0.467 e. The predicted molar refractivity (Wildman–Crippen MR) is 67.1 cm³/mol. The number of carbonyl (C=O) groups is 2. The van der Waals surface area contributed by atoms with E-state index in [1.165, 1.54) is 26.2 Å². The molecule has 0 saturated heterocycles. The van der Waals surface area contributed by atoms with E-state index in [1.807, 2.05) is 0 Å². The molecule has 1 N–H and O–H groups in total. The number of rotatable bonds is 4. The fourth-order valence-electron chi connectivity index (χ4n) is 1.31. The summed E-state index contributed by atoms with van der Waals surface area (Å²) in [6.45, 7) is 1.46. The average Bonchev–Trinajstić information content (AvgIpc) is 2.36. The van der Waals surface area contributed by atoms with Crippen LogP contribution in [0.4, 0.5) is 5.69 Å². The number of halogens is 1. The molecule has 0 spiro atoms. The van der Waals surface area contributed by atoms with Crippen LogP contribution in [0.5, 0.6) is 0 Å². The number of hydrogen-bond donors (Lipinski definition) is 1. The van der Waals surface area contributed by atoms with Gasteiger partial charge in [0.05, 0.1) is 12.0 Å². The minimum Gasteiger partial charge on any atom is -0.467 e. The van der Waals surface area contributed by atoms with Crippen LogP contribution in [0, 0.1) is 10.1 Å². The molecule has 19 heavy (non-hydrogen) atoms. The maximum absolute atomic E-state index is 11.8. The Morgan fingerprint density at radius 2 is 2.11 bits per heavy atom. The zero-order chi connectivity index (χ0) is 14.6. The molecule has 102 valence electrons. The molecular weight excluding hydrogens is 276 g/mol. The second-order valence-electron chi connectivity index (χ2n) is 3.64. The summed E-state index contributed by atoms with van der Waals surface area (Å²) >= 11 is 5.68. The Bertz CT molecular complexity index is 532. The van der Waals surface area contributed by atoms with Gasteiger partial charge in [-0.3, -0.25) is 14.9 Å². The van der Waals surface area contributed by atoms with E-state index in [0.29, 0.717) is 0 Å². The van der Waals surface area contributed by atoms with Crippen molar-refractivity contribution in [3.8, 4) is 0 Å². The second kappa shape index (κ2) is 6.14. The van der Waals surface area contributed by atoms with Gasteiger partial charge in [0, 0.05) is 11.6 Å². The van der Waals surface area contributed by atoms with Crippen molar-refractivity contribution >= 4 is 29.2 Å². The van der Waals surface area contributed by atoms with E-state index in [2.05, 4.69) is 10.1 Å². The summed E-state index contributed by atoms with van der Waals surface area (Å²) in [5.74, 6) is -1.17. The zero-order valence-electron chi connectivity index (χ0n) is 10.2. The lowest BCUT2D eigenvalue weighted by Gasteiger charge is -2.11. The molecule has 0 heterocycles. The van der Waals surface area contributed by atoms with Crippen LogP contribution < -0.4 is 5.32 Å². The summed E-state index contributed by atoms with van der Waals surface area (Å²) in [5.41, 5.74) is -0.175. The van der Waals surface area contributed by atoms with Gasteiger partial charge in [-0.15, -0.1) is 0 Å². The lowest BCUT2D eigenvalue weighted by molar-refractivity contribution is -0.384. The number of nitrogens with zero attached hydrogens (tertiary/aromatic N) is 1. The SMILES string of the molecule is COC(=O)[C@H](C)NC(=O)c1ccc([N+](=O)[O-])c(Cl)c1. The molecular formula is C11H11ClN2O5. The number of nitro groups is 1. The Kier molecular flexibility index (Phi) is 4.82. The van der Waals surface area contributed by atoms with Gasteiger partial charge in [-0.25, -0.2) is 4.79 Å². The van der Waals surface area contributed by atoms with Crippen molar-refractivity contribution in [2.24, 2.45) is 0 Å². The van der Waals surface area contributed by atoms with Gasteiger partial charge in [0.2, 0.25) is 0 Å². The summed E-state index contributed by atoms with van der Waals surface area (Å²) in [5, 5.41) is 12.8. The van der Waals surface area contributed by atoms with Crippen molar-refractivity contribution in [3.63, 3.8) is 0 Å². The van der Waals surface area contributed by atoms with E-state index in [-0.39, 0.29) is 16.3 Å². The van der Waals surface area contributed by atoms with Crippen LogP contribution in [0.15, 0.2) is 18.2 Å². The van der Waals surface area contributed by atoms with Crippen LogP contribution in [0.1, 0.15) is 17.3 Å². The number of nitro benzene ring substituents is 1. The van der Waals surface area contributed by atoms with Gasteiger partial charge in [-0.2, -0.15) is 0 Å². The number of methoxy groups -OCH3 is 1. The number of amides is 1. The van der Waals surface area contributed by atoms with Crippen molar-refractivity contribution in [2.45, 2.75) is 13.0 Å². The highest BCUT2D eigenvalue weighted by atomic mass is 35.5. The Balaban J connectivity index is 2.87. The highest BCUT2D eigenvalue weighted by molar-refractivity contribution is 6.33. The number of nitrogens with one attached hydrogen (secondary N) is 1. The first-order chi connectivity index (χ1) is 8.86. The van der Waals surface area contributed by atoms with Gasteiger partial charge in [0.15, 0.2) is 0 Å². The lowest BCUT2D eigenvalue weighted by atomic mass is 10.2. The lowest BCUT2D eigenvalue weighted by Crippen LogP contribution is -2.39. The maximum atomic E-state index is 11.8. The van der Waals surface area contributed by atoms with E-state index in [4.69, 9.17) is 11.6 Å². The molecule has 0 saturated carbocycles. The quantitative estimate of drug-likeness (QED) is 0.514. The summed E-state index contributed by atoms with van der Waals surface area (Å²) in [4.78, 5) is 32.8. The summed E-state index contributed by atoms with van der Waals surface area (Å²) < 4.78 is 4.45. The Hall–Kier alpha value is -2.15. The fraction of sp³-hybridized carbons (Fsp3) is 0.273. The summed E-state index contributed by atoms with van der Waals surface area (Å²) in [7, 11) is 1.20. The van der Waals surface area contributed by atoms with E-state index in [1.54, 1.807) is 0 Å². The molecule has 1 rings (SSSR count). The van der Waals surface area contributed by atoms with Crippen LogP contribution in [-0.2, 0) is 9.53 Å². The first-order valence-corrected chi connectivity index (χ1v) is 5.57. The Labute approximate surface area is 113 Å². The van der Waals surface area contributed by atoms with Gasteiger partial charge < -0.3 is 10.1 Å². The standard InChI is InChI=1S/C11H11ClN2O5/c1-6(11(16)19-2)13-10(15)7-3-4-9(14(17)18)8(12)5-7/h3-6H,1-2H3,(H,13,15)/t6-/m0/s1. The molecule has 1 aromatic carbocycles. The van der Waals surface area contributed by atoms with Crippen LogP contribution >= 0.6 is 11.6 Å². The maximum Gasteiger partial charge on any atom is 0.328 e. The van der Waals surface area contributed by atoms with Gasteiger partial charge >= 0.3 is 5.97 Å². The normalized spacial score (nSPS) is 11.5. The molecule has 1 atom stereocenters. The van der Waals surface area contributed by atoms with Crippen molar-refractivity contribution < 1.29 is 19.2 Å². The number of carbonyl (C=O) groups excluding carboxylic acids is 2. The van der Waals surface area contributed by atoms with Crippen LogP contribution in [0.25, 0.3) is 0 Å². The molecule has 0 aliphatic heterocycles. The molecule has 0 aliphatic carbocycles. The van der Waals surface area contributed by atoms with Gasteiger partial charge in [-0.1, -0.05) is 11.6 Å². The molecule has 7 nitrogen and oxygen atoms in total. The first kappa shape index (κ1) is 14.9. The molecule has 0 aliphatic rings. The van der Waals surface area contributed by atoms with Crippen molar-refractivity contribution in [1.29, 1.82) is 0 Å². The topological polar surface area (TPSA) is 98.5 Å². The highest BCUT2D eigenvalue weighted by Gasteiger charge is 2.19. The highest BCUT2D eigenvalue weighted by Crippen LogP contribution is 2.24. The number of ether oxygens (including phenoxy) is 1. The second-order valence-corrected chi connectivity index (χ2v) is 4.05. The number of hydrogen-bond acceptors (Lipinski definition) is 5. The molecule has 0 unspecified atom stereocenters. The van der Waals surface area contributed by atoms with Crippen molar-refractivity contribution in [2.75, 3.05) is 7.11 Å². The molecule has 0 radical (unpaired) electrons. The van der Waals surface area contributed by atoms with E-state index >= 15 is 0 Å². The van der Waals surface area contributed by atoms with Gasteiger partial charge in [0.1, 0.15) is 11.1 Å².